The van der Waals surface area contributed by atoms with E-state index in [2.05, 4.69) is 0 Å². The van der Waals surface area contributed by atoms with Crippen molar-refractivity contribution in [2.24, 2.45) is 0 Å². The molecule has 0 aliphatic rings. The van der Waals surface area contributed by atoms with Crippen LogP contribution in [0, 0.1) is 11.6 Å². The summed E-state index contributed by atoms with van der Waals surface area (Å²) in [5.41, 5.74) is -1.42. The van der Waals surface area contributed by atoms with E-state index in [9.17, 15) is 18.7 Å². The summed E-state index contributed by atoms with van der Waals surface area (Å²) in [5.74, 6) is -1.61. The first-order chi connectivity index (χ1) is 6.86. The highest BCUT2D eigenvalue weighted by atomic mass is 19.1. The van der Waals surface area contributed by atoms with E-state index < -0.39 is 17.2 Å². The molecule has 0 aromatic heterocycles. The molecule has 0 saturated carbocycles. The van der Waals surface area contributed by atoms with Crippen LogP contribution in [0.25, 0.3) is 0 Å². The van der Waals surface area contributed by atoms with Crippen LogP contribution in [0.1, 0.15) is 25.0 Å². The van der Waals surface area contributed by atoms with Crippen molar-refractivity contribution in [3.8, 4) is 0 Å². The molecule has 0 heterocycles. The highest BCUT2D eigenvalue weighted by molar-refractivity contribution is 5.55. The molecule has 0 aliphatic carbocycles. The molecular formula is C11H12F2O2. The van der Waals surface area contributed by atoms with Crippen LogP contribution < -0.4 is 0 Å². The van der Waals surface area contributed by atoms with E-state index in [1.807, 2.05) is 0 Å². The summed E-state index contributed by atoms with van der Waals surface area (Å²) in [6.45, 7) is 2.86. The van der Waals surface area contributed by atoms with E-state index in [4.69, 9.17) is 0 Å². The molecule has 0 amide bonds. The normalized spacial score (nSPS) is 11.5. The van der Waals surface area contributed by atoms with Crippen LogP contribution in [0.3, 0.4) is 0 Å². The fourth-order valence-corrected chi connectivity index (χ4v) is 1.23. The van der Waals surface area contributed by atoms with Crippen molar-refractivity contribution < 1.29 is 18.7 Å². The van der Waals surface area contributed by atoms with Gasteiger partial charge < -0.3 is 9.90 Å². The maximum atomic E-state index is 13.3. The first-order valence-corrected chi connectivity index (χ1v) is 4.50. The van der Waals surface area contributed by atoms with Crippen LogP contribution >= 0.6 is 0 Å². The zero-order chi connectivity index (χ0) is 11.6. The molecule has 0 aliphatic heterocycles. The molecule has 0 radical (unpaired) electrons. The Morgan fingerprint density at radius 3 is 2.13 bits per heavy atom. The number of benzene rings is 1. The van der Waals surface area contributed by atoms with Gasteiger partial charge >= 0.3 is 0 Å². The van der Waals surface area contributed by atoms with Gasteiger partial charge in [-0.05, 0) is 31.5 Å². The lowest BCUT2D eigenvalue weighted by Gasteiger charge is -2.18. The van der Waals surface area contributed by atoms with Gasteiger partial charge in [0, 0.05) is 12.0 Å². The Hall–Kier alpha value is -1.29. The molecule has 1 aromatic carbocycles. The van der Waals surface area contributed by atoms with Crippen molar-refractivity contribution in [1.82, 2.24) is 0 Å². The zero-order valence-corrected chi connectivity index (χ0v) is 8.55. The molecule has 15 heavy (non-hydrogen) atoms. The van der Waals surface area contributed by atoms with Gasteiger partial charge in [0.25, 0.3) is 0 Å². The summed E-state index contributed by atoms with van der Waals surface area (Å²) < 4.78 is 26.6. The molecule has 0 saturated heterocycles. The number of halogens is 2. The quantitative estimate of drug-likeness (QED) is 0.780. The Labute approximate surface area is 86.5 Å². The molecule has 0 bridgehead atoms. The summed E-state index contributed by atoms with van der Waals surface area (Å²) in [6, 6.07) is 2.09. The zero-order valence-electron chi connectivity index (χ0n) is 8.55. The summed E-state index contributed by atoms with van der Waals surface area (Å²) in [4.78, 5) is 10.2. The number of aldehydes is 1. The van der Waals surface area contributed by atoms with Crippen LogP contribution in [0.15, 0.2) is 12.1 Å². The van der Waals surface area contributed by atoms with Gasteiger partial charge in [0.05, 0.1) is 5.60 Å². The molecule has 1 aromatic rings. The lowest BCUT2D eigenvalue weighted by molar-refractivity contribution is -0.107. The van der Waals surface area contributed by atoms with Gasteiger partial charge in [0.2, 0.25) is 0 Å². The predicted molar refractivity (Wildman–Crippen MR) is 51.4 cm³/mol. The molecular weight excluding hydrogens is 202 g/mol. The highest BCUT2D eigenvalue weighted by Crippen LogP contribution is 2.24. The molecule has 2 nitrogen and oxygen atoms in total. The van der Waals surface area contributed by atoms with Crippen molar-refractivity contribution in [3.05, 3.63) is 34.9 Å². The van der Waals surface area contributed by atoms with E-state index >= 15 is 0 Å². The van der Waals surface area contributed by atoms with E-state index in [-0.39, 0.29) is 17.5 Å². The van der Waals surface area contributed by atoms with Gasteiger partial charge in [-0.25, -0.2) is 8.78 Å². The van der Waals surface area contributed by atoms with Crippen molar-refractivity contribution in [3.63, 3.8) is 0 Å². The number of aliphatic hydroxyl groups is 1. The van der Waals surface area contributed by atoms with Crippen molar-refractivity contribution in [2.45, 2.75) is 25.9 Å². The summed E-state index contributed by atoms with van der Waals surface area (Å²) >= 11 is 0. The topological polar surface area (TPSA) is 37.3 Å². The Kier molecular flexibility index (Phi) is 3.19. The van der Waals surface area contributed by atoms with Crippen LogP contribution in [0.2, 0.25) is 0 Å². The summed E-state index contributed by atoms with van der Waals surface area (Å²) in [6.07, 6.45) is 0.134. The number of rotatable bonds is 3. The van der Waals surface area contributed by atoms with Gasteiger partial charge in [-0.3, -0.25) is 0 Å². The standard InChI is InChI=1S/C11H12F2O2/c1-11(2,15)7-5-9(12)8(3-4-14)10(13)6-7/h4-6,15H,3H2,1-2H3. The minimum Gasteiger partial charge on any atom is -0.386 e. The minimum absolute atomic E-state index is 0.146. The van der Waals surface area contributed by atoms with Crippen molar-refractivity contribution in [2.75, 3.05) is 0 Å². The van der Waals surface area contributed by atoms with Gasteiger partial charge in [0.1, 0.15) is 17.9 Å². The van der Waals surface area contributed by atoms with E-state index in [1.165, 1.54) is 13.8 Å². The molecule has 0 unspecified atom stereocenters. The number of hydrogen-bond acceptors (Lipinski definition) is 2. The third-order valence-corrected chi connectivity index (χ3v) is 2.13. The molecule has 0 fully saturated rings. The molecule has 82 valence electrons. The van der Waals surface area contributed by atoms with Crippen molar-refractivity contribution in [1.29, 1.82) is 0 Å². The monoisotopic (exact) mass is 214 g/mol. The Bertz CT molecular complexity index is 358. The smallest absolute Gasteiger partial charge is 0.130 e. The molecule has 4 heteroatoms. The van der Waals surface area contributed by atoms with Gasteiger partial charge in [-0.15, -0.1) is 0 Å². The van der Waals surface area contributed by atoms with Gasteiger partial charge in [-0.1, -0.05) is 0 Å². The Balaban J connectivity index is 3.25. The average molecular weight is 214 g/mol. The number of carbonyl (C=O) groups excluding carboxylic acids is 1. The molecule has 0 atom stereocenters. The Morgan fingerprint density at radius 2 is 1.80 bits per heavy atom. The van der Waals surface area contributed by atoms with Crippen LogP contribution in [0.5, 0.6) is 0 Å². The predicted octanol–water partition coefficient (Wildman–Crippen LogP) is 1.93. The minimum atomic E-state index is -1.30. The van der Waals surface area contributed by atoms with Crippen LogP contribution in [-0.2, 0) is 16.8 Å². The molecule has 1 rings (SSSR count). The van der Waals surface area contributed by atoms with Crippen LogP contribution in [-0.4, -0.2) is 11.4 Å². The molecule has 1 N–H and O–H groups in total. The number of hydrogen-bond donors (Lipinski definition) is 1. The second-order valence-electron chi connectivity index (χ2n) is 3.85. The van der Waals surface area contributed by atoms with Gasteiger partial charge in [-0.2, -0.15) is 0 Å². The van der Waals surface area contributed by atoms with Crippen molar-refractivity contribution >= 4 is 6.29 Å². The second-order valence-corrected chi connectivity index (χ2v) is 3.85. The maximum absolute atomic E-state index is 13.3. The Morgan fingerprint density at radius 1 is 1.33 bits per heavy atom. The third-order valence-electron chi connectivity index (χ3n) is 2.13. The van der Waals surface area contributed by atoms with E-state index in [1.54, 1.807) is 0 Å². The first-order valence-electron chi connectivity index (χ1n) is 4.50. The summed E-state index contributed by atoms with van der Waals surface area (Å²) in [7, 11) is 0. The second kappa shape index (κ2) is 4.06. The average Bonchev–Trinajstić information content (AvgIpc) is 2.09. The number of carbonyl (C=O) groups is 1. The summed E-state index contributed by atoms with van der Waals surface area (Å²) in [5, 5.41) is 9.56. The fraction of sp³-hybridized carbons (Fsp3) is 0.364. The van der Waals surface area contributed by atoms with Crippen LogP contribution in [0.4, 0.5) is 8.78 Å². The largest absolute Gasteiger partial charge is 0.386 e. The lowest BCUT2D eigenvalue weighted by Crippen LogP contribution is -2.17. The lowest BCUT2D eigenvalue weighted by atomic mass is 9.96. The fourth-order valence-electron chi connectivity index (χ4n) is 1.23. The van der Waals surface area contributed by atoms with Gasteiger partial charge in [0.15, 0.2) is 0 Å². The van der Waals surface area contributed by atoms with E-state index in [0.29, 0.717) is 6.29 Å². The SMILES string of the molecule is CC(C)(O)c1cc(F)c(CC=O)c(F)c1. The maximum Gasteiger partial charge on any atom is 0.130 e. The molecule has 0 spiro atoms. The third kappa shape index (κ3) is 2.59. The highest BCUT2D eigenvalue weighted by Gasteiger charge is 2.20. The van der Waals surface area contributed by atoms with E-state index in [0.717, 1.165) is 12.1 Å². The first kappa shape index (κ1) is 11.8.